The van der Waals surface area contributed by atoms with E-state index in [9.17, 15) is 0 Å². The van der Waals surface area contributed by atoms with E-state index in [0.717, 1.165) is 33.1 Å². The van der Waals surface area contributed by atoms with Crippen molar-refractivity contribution in [1.29, 1.82) is 0 Å². The second kappa shape index (κ2) is 8.07. The molecular formula is C24H16BrN3Zn. The van der Waals surface area contributed by atoms with Gasteiger partial charge in [0.05, 0.1) is 12.2 Å². The maximum atomic E-state index is 7.28. The van der Waals surface area contributed by atoms with E-state index >= 15 is 0 Å². The van der Waals surface area contributed by atoms with Crippen LogP contribution in [0.4, 0.5) is 5.69 Å². The topological polar surface area (TPSA) is 21.7 Å². The first-order valence-electron chi connectivity index (χ1n) is 9.12. The number of benzene rings is 3. The molecule has 0 saturated heterocycles. The van der Waals surface area contributed by atoms with Gasteiger partial charge in [0.25, 0.3) is 0 Å². The van der Waals surface area contributed by atoms with Gasteiger partial charge in [-0.1, -0.05) is 40.8 Å². The van der Waals surface area contributed by atoms with Gasteiger partial charge < -0.3 is 4.40 Å². The molecule has 0 fully saturated rings. The van der Waals surface area contributed by atoms with Crippen LogP contribution >= 0.6 is 13.6 Å². The Morgan fingerprint density at radius 1 is 1.07 bits per heavy atom. The number of fused-ring (bicyclic) bond motifs is 6. The predicted octanol–water partition coefficient (Wildman–Crippen LogP) is 7.12. The third-order valence-corrected chi connectivity index (χ3v) is 5.20. The van der Waals surface area contributed by atoms with Crippen molar-refractivity contribution >= 4 is 46.6 Å². The van der Waals surface area contributed by atoms with Gasteiger partial charge in [-0.05, 0) is 36.4 Å². The van der Waals surface area contributed by atoms with E-state index < -0.39 is 0 Å². The van der Waals surface area contributed by atoms with Crippen molar-refractivity contribution in [2.75, 3.05) is 0 Å². The van der Waals surface area contributed by atoms with E-state index in [4.69, 9.17) is 6.57 Å². The van der Waals surface area contributed by atoms with E-state index in [-0.39, 0.29) is 0 Å². The molecule has 5 aromatic rings. The van der Waals surface area contributed by atoms with Crippen molar-refractivity contribution in [1.82, 2.24) is 9.38 Å². The Morgan fingerprint density at radius 3 is 2.55 bits per heavy atom. The van der Waals surface area contributed by atoms with Crippen molar-refractivity contribution in [3.05, 3.63) is 89.5 Å². The van der Waals surface area contributed by atoms with Crippen LogP contribution in [-0.2, 0) is 16.3 Å². The predicted molar refractivity (Wildman–Crippen MR) is 119 cm³/mol. The molecule has 0 atom stereocenters. The van der Waals surface area contributed by atoms with Crippen LogP contribution in [0.5, 0.6) is 0 Å². The Hall–Kier alpha value is -2.54. The molecule has 0 spiro atoms. The van der Waals surface area contributed by atoms with Crippen LogP contribution in [-0.4, -0.2) is 9.38 Å². The van der Waals surface area contributed by atoms with Crippen LogP contribution in [0.25, 0.3) is 43.3 Å². The van der Waals surface area contributed by atoms with Gasteiger partial charge in [-0.15, -0.1) is 29.7 Å². The van der Waals surface area contributed by atoms with E-state index in [0.29, 0.717) is 5.69 Å². The summed E-state index contributed by atoms with van der Waals surface area (Å²) >= 11 is 4.25. The van der Waals surface area contributed by atoms with Crippen molar-refractivity contribution in [2.24, 2.45) is 0 Å². The molecule has 0 aliphatic rings. The molecule has 0 N–H and O–H groups in total. The third kappa shape index (κ3) is 3.27. The summed E-state index contributed by atoms with van der Waals surface area (Å²) in [5.41, 5.74) is 7.36. The summed E-state index contributed by atoms with van der Waals surface area (Å²) < 4.78 is 2.12. The second-order valence-electron chi connectivity index (χ2n) is 6.88. The summed E-state index contributed by atoms with van der Waals surface area (Å²) in [6, 6.07) is 19.9. The van der Waals surface area contributed by atoms with Crippen molar-refractivity contribution < 1.29 is 16.3 Å². The average molecular weight is 492 g/mol. The van der Waals surface area contributed by atoms with Crippen LogP contribution in [0.3, 0.4) is 0 Å². The second-order valence-corrected chi connectivity index (χ2v) is 6.88. The summed E-state index contributed by atoms with van der Waals surface area (Å²) in [6.45, 7) is 11.4. The summed E-state index contributed by atoms with van der Waals surface area (Å²) in [7, 11) is 0. The van der Waals surface area contributed by atoms with Gasteiger partial charge >= 0.3 is 30.0 Å². The summed E-state index contributed by atoms with van der Waals surface area (Å²) in [5, 5.41) is 3.36. The Morgan fingerprint density at radius 2 is 1.83 bits per heavy atom. The molecular weight excluding hydrogens is 476 g/mol. The van der Waals surface area contributed by atoms with Crippen molar-refractivity contribution in [2.45, 2.75) is 13.8 Å². The first-order valence-corrected chi connectivity index (χ1v) is 16.1. The molecule has 0 unspecified atom stereocenters. The fraction of sp³-hybridized carbons (Fsp3) is 0.0833. The molecule has 136 valence electrons. The maximum absolute atomic E-state index is 7.28. The van der Waals surface area contributed by atoms with E-state index in [2.05, 4.69) is 72.0 Å². The molecule has 3 nitrogen and oxygen atoms in total. The number of aromatic nitrogens is 2. The van der Waals surface area contributed by atoms with Crippen LogP contribution < -0.4 is 0 Å². The van der Waals surface area contributed by atoms with Gasteiger partial charge in [0, 0.05) is 17.9 Å². The Labute approximate surface area is 186 Å². The quantitative estimate of drug-likeness (QED) is 0.139. The molecule has 5 heteroatoms. The number of rotatable bonds is 1. The summed E-state index contributed by atoms with van der Waals surface area (Å²) in [5.74, 6) is 0. The number of halogens is 1. The van der Waals surface area contributed by atoms with Gasteiger partial charge in [-0.2, -0.15) is 0 Å². The van der Waals surface area contributed by atoms with Gasteiger partial charge in [-0.25, -0.2) is 4.85 Å². The third-order valence-electron chi connectivity index (χ3n) is 5.20. The minimum atomic E-state index is 0.690. The van der Waals surface area contributed by atoms with Crippen molar-refractivity contribution in [3.8, 4) is 11.1 Å². The number of nitrogens with zero attached hydrogens (tertiary/aromatic N) is 3. The standard InChI is InChI=1S/C24H16N3.BrH.Zn/c1-15-12-18(25-3)13-16(2)23(15)17-8-9-22-21(14-17)19-6-4-5-7-20(19)24-26-10-11-27(22)24;;/h4-6,8-14H,1-2H3;1H;/q-1;;+2/p-1. The molecule has 0 aliphatic carbocycles. The van der Waals surface area contributed by atoms with Gasteiger partial charge in [0.15, 0.2) is 5.69 Å². The first kappa shape index (κ1) is 19.8. The van der Waals surface area contributed by atoms with E-state index in [1.807, 2.05) is 36.7 Å². The zero-order chi connectivity index (χ0) is 20.5. The van der Waals surface area contributed by atoms with E-state index in [1.54, 1.807) is 0 Å². The van der Waals surface area contributed by atoms with Gasteiger partial charge in [0.1, 0.15) is 0 Å². The molecule has 0 saturated carbocycles. The molecule has 2 aromatic heterocycles. The normalized spacial score (nSPS) is 10.8. The molecule has 29 heavy (non-hydrogen) atoms. The molecule has 0 amide bonds. The Bertz CT molecular complexity index is 1390. The molecule has 0 bridgehead atoms. The number of hydrogen-bond donors (Lipinski definition) is 0. The number of imidazole rings is 1. The van der Waals surface area contributed by atoms with Crippen molar-refractivity contribution in [3.63, 3.8) is 0 Å². The fourth-order valence-corrected chi connectivity index (χ4v) is 4.11. The van der Waals surface area contributed by atoms with Crippen LogP contribution in [0.15, 0.2) is 60.9 Å². The van der Waals surface area contributed by atoms with E-state index in [1.165, 1.54) is 32.9 Å². The van der Waals surface area contributed by atoms with Crippen LogP contribution in [0, 0.1) is 26.5 Å². The molecule has 0 aliphatic heterocycles. The molecule has 5 rings (SSSR count). The molecule has 2 heterocycles. The van der Waals surface area contributed by atoms with Gasteiger partial charge in [-0.3, -0.25) is 4.98 Å². The molecule has 0 radical (unpaired) electrons. The first-order chi connectivity index (χ1) is 14.2. The Kier molecular flexibility index (Phi) is 5.50. The number of aryl methyl sites for hydroxylation is 2. The average Bonchev–Trinajstić information content (AvgIpc) is 3.25. The number of hydrogen-bond acceptors (Lipinski definition) is 1. The number of pyridine rings is 1. The SMILES string of the molecule is [C-]#[N+]c1cc(C)c(-c2ccc3c(c2)c2ccc[c-]c2c2nccn32)c(C)c1.[Zn+][Br]. The Balaban J connectivity index is 0.000000994. The summed E-state index contributed by atoms with van der Waals surface area (Å²) in [4.78, 5) is 8.11. The summed E-state index contributed by atoms with van der Waals surface area (Å²) in [6.07, 6.45) is 3.83. The van der Waals surface area contributed by atoms with Gasteiger partial charge in [0.2, 0.25) is 0 Å². The molecule has 3 aromatic carbocycles. The van der Waals surface area contributed by atoms with Crippen LogP contribution in [0.1, 0.15) is 11.1 Å². The monoisotopic (exact) mass is 489 g/mol. The zero-order valence-corrected chi connectivity index (χ0v) is 20.8. The van der Waals surface area contributed by atoms with Crippen LogP contribution in [0.2, 0.25) is 0 Å². The minimum absolute atomic E-state index is 0.690. The zero-order valence-electron chi connectivity index (χ0n) is 16.2. The fourth-order valence-electron chi connectivity index (χ4n) is 4.11.